The molecule has 2 amide bonds. The average molecular weight is 392 g/mol. The number of rotatable bonds is 8. The monoisotopic (exact) mass is 392 g/mol. The number of pyridine rings is 1. The highest BCUT2D eigenvalue weighted by molar-refractivity contribution is 5.99. The van der Waals surface area contributed by atoms with E-state index in [1.165, 1.54) is 0 Å². The van der Waals surface area contributed by atoms with Crippen molar-refractivity contribution in [3.8, 4) is 11.5 Å². The fourth-order valence-corrected chi connectivity index (χ4v) is 2.76. The van der Waals surface area contributed by atoms with E-state index >= 15 is 0 Å². The highest BCUT2D eigenvalue weighted by Crippen LogP contribution is 2.27. The second-order valence-corrected chi connectivity index (χ2v) is 6.24. The third-order valence-corrected chi connectivity index (χ3v) is 4.23. The summed E-state index contributed by atoms with van der Waals surface area (Å²) in [4.78, 5) is 16.3. The van der Waals surface area contributed by atoms with Crippen molar-refractivity contribution in [3.05, 3.63) is 72.4 Å². The van der Waals surface area contributed by atoms with Crippen LogP contribution in [0.1, 0.15) is 5.56 Å². The molecule has 1 heterocycles. The van der Waals surface area contributed by atoms with Gasteiger partial charge in [0.2, 0.25) is 0 Å². The Morgan fingerprint density at radius 1 is 0.897 bits per heavy atom. The van der Waals surface area contributed by atoms with Gasteiger partial charge in [-0.25, -0.2) is 9.78 Å². The SMILES string of the molecule is COc1ccc(CCNc2ccc(NC(=O)Nc3ccccc3)nc2)cc1OC. The van der Waals surface area contributed by atoms with Crippen LogP contribution in [0, 0.1) is 0 Å². The van der Waals surface area contributed by atoms with Gasteiger partial charge in [0.25, 0.3) is 0 Å². The predicted octanol–water partition coefficient (Wildman–Crippen LogP) is 4.40. The van der Waals surface area contributed by atoms with Crippen molar-refractivity contribution >= 4 is 23.2 Å². The number of amides is 2. The molecule has 7 nitrogen and oxygen atoms in total. The van der Waals surface area contributed by atoms with Crippen LogP contribution in [-0.4, -0.2) is 31.8 Å². The smallest absolute Gasteiger partial charge is 0.324 e. The quantitative estimate of drug-likeness (QED) is 0.529. The van der Waals surface area contributed by atoms with Crippen molar-refractivity contribution in [1.82, 2.24) is 4.98 Å². The van der Waals surface area contributed by atoms with E-state index in [4.69, 9.17) is 9.47 Å². The van der Waals surface area contributed by atoms with E-state index in [9.17, 15) is 4.79 Å². The van der Waals surface area contributed by atoms with Crippen molar-refractivity contribution in [3.63, 3.8) is 0 Å². The number of hydrogen-bond donors (Lipinski definition) is 3. The van der Waals surface area contributed by atoms with Gasteiger partial charge in [0.05, 0.1) is 26.1 Å². The summed E-state index contributed by atoms with van der Waals surface area (Å²) >= 11 is 0. The number of nitrogens with zero attached hydrogens (tertiary/aromatic N) is 1. The number of carbonyl (C=O) groups excluding carboxylic acids is 1. The number of hydrogen-bond acceptors (Lipinski definition) is 5. The minimum Gasteiger partial charge on any atom is -0.493 e. The predicted molar refractivity (Wildman–Crippen MR) is 115 cm³/mol. The molecular formula is C22H24N4O3. The van der Waals surface area contributed by atoms with Gasteiger partial charge in [-0.3, -0.25) is 5.32 Å². The zero-order valence-electron chi connectivity index (χ0n) is 16.4. The molecule has 0 bridgehead atoms. The van der Waals surface area contributed by atoms with Gasteiger partial charge in [-0.1, -0.05) is 24.3 Å². The van der Waals surface area contributed by atoms with Gasteiger partial charge in [0.15, 0.2) is 11.5 Å². The lowest BCUT2D eigenvalue weighted by atomic mass is 10.1. The number of benzene rings is 2. The van der Waals surface area contributed by atoms with Crippen molar-refractivity contribution in [2.24, 2.45) is 0 Å². The first-order chi connectivity index (χ1) is 14.2. The molecule has 29 heavy (non-hydrogen) atoms. The lowest BCUT2D eigenvalue weighted by Gasteiger charge is -2.11. The summed E-state index contributed by atoms with van der Waals surface area (Å²) in [5, 5.41) is 8.78. The van der Waals surface area contributed by atoms with E-state index in [0.717, 1.165) is 35.7 Å². The van der Waals surface area contributed by atoms with Gasteiger partial charge in [0.1, 0.15) is 5.82 Å². The molecule has 0 atom stereocenters. The standard InChI is InChI=1S/C22H24N4O3/c1-28-19-10-8-16(14-20(19)29-2)12-13-23-18-9-11-21(24-15-18)26-22(27)25-17-6-4-3-5-7-17/h3-11,14-15,23H,12-13H2,1-2H3,(H2,24,25,26,27). The molecule has 7 heteroatoms. The van der Waals surface area contributed by atoms with Crippen LogP contribution in [-0.2, 0) is 6.42 Å². The first kappa shape index (κ1) is 20.0. The average Bonchev–Trinajstić information content (AvgIpc) is 2.75. The van der Waals surface area contributed by atoms with E-state index in [1.807, 2.05) is 54.6 Å². The van der Waals surface area contributed by atoms with Gasteiger partial charge in [-0.2, -0.15) is 0 Å². The fourth-order valence-electron chi connectivity index (χ4n) is 2.76. The Labute approximate surface area is 170 Å². The van der Waals surface area contributed by atoms with Crippen LogP contribution >= 0.6 is 0 Å². The first-order valence-electron chi connectivity index (χ1n) is 9.22. The van der Waals surface area contributed by atoms with Gasteiger partial charge in [-0.05, 0) is 48.4 Å². The zero-order valence-corrected chi connectivity index (χ0v) is 16.4. The maximum absolute atomic E-state index is 12.0. The second kappa shape index (κ2) is 9.98. The van der Waals surface area contributed by atoms with Crippen LogP contribution in [0.2, 0.25) is 0 Å². The third kappa shape index (κ3) is 5.87. The van der Waals surface area contributed by atoms with Gasteiger partial charge >= 0.3 is 6.03 Å². The first-order valence-corrected chi connectivity index (χ1v) is 9.22. The summed E-state index contributed by atoms with van der Waals surface area (Å²) in [6, 6.07) is 18.4. The molecule has 0 fully saturated rings. The van der Waals surface area contributed by atoms with E-state index < -0.39 is 0 Å². The number of ether oxygens (including phenoxy) is 2. The van der Waals surface area contributed by atoms with Crippen molar-refractivity contribution in [2.75, 3.05) is 36.7 Å². The molecule has 3 N–H and O–H groups in total. The number of methoxy groups -OCH3 is 2. The summed E-state index contributed by atoms with van der Waals surface area (Å²) in [7, 11) is 3.25. The Morgan fingerprint density at radius 3 is 2.38 bits per heavy atom. The molecule has 3 rings (SSSR count). The lowest BCUT2D eigenvalue weighted by Crippen LogP contribution is -2.20. The van der Waals surface area contributed by atoms with Crippen LogP contribution in [0.25, 0.3) is 0 Å². The molecule has 1 aromatic heterocycles. The molecule has 0 saturated carbocycles. The van der Waals surface area contributed by atoms with Crippen molar-refractivity contribution in [2.45, 2.75) is 6.42 Å². The third-order valence-electron chi connectivity index (χ3n) is 4.23. The number of anilines is 3. The molecule has 0 aliphatic carbocycles. The molecule has 150 valence electrons. The van der Waals surface area contributed by atoms with E-state index in [-0.39, 0.29) is 6.03 Å². The molecule has 2 aromatic carbocycles. The van der Waals surface area contributed by atoms with E-state index in [2.05, 4.69) is 20.9 Å². The minimum atomic E-state index is -0.335. The van der Waals surface area contributed by atoms with Crippen molar-refractivity contribution < 1.29 is 14.3 Å². The summed E-state index contributed by atoms with van der Waals surface area (Å²) < 4.78 is 10.6. The van der Waals surface area contributed by atoms with Crippen LogP contribution in [0.4, 0.5) is 22.0 Å². The minimum absolute atomic E-state index is 0.335. The fraction of sp³-hybridized carbons (Fsp3) is 0.182. The zero-order chi connectivity index (χ0) is 20.5. The maximum atomic E-state index is 12.0. The van der Waals surface area contributed by atoms with E-state index in [1.54, 1.807) is 26.5 Å². The maximum Gasteiger partial charge on any atom is 0.324 e. The topological polar surface area (TPSA) is 84.5 Å². The highest BCUT2D eigenvalue weighted by atomic mass is 16.5. The van der Waals surface area contributed by atoms with Crippen LogP contribution < -0.4 is 25.4 Å². The Bertz CT molecular complexity index is 931. The highest BCUT2D eigenvalue weighted by Gasteiger charge is 2.05. The Balaban J connectivity index is 1.47. The second-order valence-electron chi connectivity index (χ2n) is 6.24. The Kier molecular flexibility index (Phi) is 6.89. The normalized spacial score (nSPS) is 10.1. The molecule has 0 unspecified atom stereocenters. The van der Waals surface area contributed by atoms with Gasteiger partial charge < -0.3 is 20.1 Å². The molecule has 0 aliphatic rings. The molecular weight excluding hydrogens is 368 g/mol. The van der Waals surface area contributed by atoms with Gasteiger partial charge in [-0.15, -0.1) is 0 Å². The molecule has 0 radical (unpaired) electrons. The Hall–Kier alpha value is -3.74. The van der Waals surface area contributed by atoms with Crippen LogP contribution in [0.3, 0.4) is 0 Å². The summed E-state index contributed by atoms with van der Waals surface area (Å²) in [5.74, 6) is 1.91. The molecule has 0 saturated heterocycles. The molecule has 0 spiro atoms. The Morgan fingerprint density at radius 2 is 1.69 bits per heavy atom. The summed E-state index contributed by atoms with van der Waals surface area (Å²) in [5.41, 5.74) is 2.73. The molecule has 3 aromatic rings. The molecule has 0 aliphatic heterocycles. The van der Waals surface area contributed by atoms with Crippen LogP contribution in [0.15, 0.2) is 66.9 Å². The lowest BCUT2D eigenvalue weighted by molar-refractivity contribution is 0.262. The number of para-hydroxylation sites is 1. The van der Waals surface area contributed by atoms with E-state index in [0.29, 0.717) is 11.6 Å². The number of nitrogens with one attached hydrogen (secondary N) is 3. The van der Waals surface area contributed by atoms with Gasteiger partial charge in [0, 0.05) is 12.2 Å². The van der Waals surface area contributed by atoms with Crippen molar-refractivity contribution in [1.29, 1.82) is 0 Å². The summed E-state index contributed by atoms with van der Waals surface area (Å²) in [6.07, 6.45) is 2.51. The largest absolute Gasteiger partial charge is 0.493 e. The number of urea groups is 1. The summed E-state index contributed by atoms with van der Waals surface area (Å²) in [6.45, 7) is 0.735. The number of aromatic nitrogens is 1. The van der Waals surface area contributed by atoms with Crippen LogP contribution in [0.5, 0.6) is 11.5 Å². The number of carbonyl (C=O) groups is 1.